The summed E-state index contributed by atoms with van der Waals surface area (Å²) in [4.78, 5) is 0. The molecule has 0 saturated heterocycles. The van der Waals surface area contributed by atoms with E-state index in [1.807, 2.05) is 0 Å². The van der Waals surface area contributed by atoms with E-state index >= 15 is 0 Å². The van der Waals surface area contributed by atoms with E-state index in [1.165, 1.54) is 18.4 Å². The number of nitrogens with one attached hydrogen (secondary N) is 1. The first kappa shape index (κ1) is 14.1. The Morgan fingerprint density at radius 1 is 1.50 bits per heavy atom. The molecule has 0 rings (SSSR count). The van der Waals surface area contributed by atoms with E-state index in [2.05, 4.69) is 51.8 Å². The average molecular weight is 215 g/mol. The summed E-state index contributed by atoms with van der Waals surface area (Å²) >= 11 is 4.29. The van der Waals surface area contributed by atoms with Crippen molar-refractivity contribution in [3.8, 4) is 0 Å². The normalized spacial score (nSPS) is 15.6. The zero-order valence-corrected chi connectivity index (χ0v) is 11.0. The van der Waals surface area contributed by atoms with Gasteiger partial charge in [0.1, 0.15) is 0 Å². The smallest absolute Gasteiger partial charge is 0.0319 e. The maximum absolute atomic E-state index is 4.29. The predicted octanol–water partition coefficient (Wildman–Crippen LogP) is 3.97. The summed E-state index contributed by atoms with van der Waals surface area (Å²) in [7, 11) is 0. The van der Waals surface area contributed by atoms with Crippen LogP contribution in [0.15, 0.2) is 12.2 Å². The molecule has 14 heavy (non-hydrogen) atoms. The van der Waals surface area contributed by atoms with Crippen LogP contribution in [0.4, 0.5) is 0 Å². The minimum Gasteiger partial charge on any atom is -0.260 e. The van der Waals surface area contributed by atoms with Gasteiger partial charge in [0.25, 0.3) is 0 Å². The summed E-state index contributed by atoms with van der Waals surface area (Å²) < 4.78 is 3.21. The van der Waals surface area contributed by atoms with Crippen molar-refractivity contribution in [2.24, 2.45) is 5.92 Å². The van der Waals surface area contributed by atoms with Gasteiger partial charge < -0.3 is 0 Å². The Morgan fingerprint density at radius 2 is 2.07 bits per heavy atom. The molecule has 0 heterocycles. The van der Waals surface area contributed by atoms with Gasteiger partial charge in [-0.1, -0.05) is 45.6 Å². The second-order valence-corrected chi connectivity index (χ2v) is 5.10. The van der Waals surface area contributed by atoms with Gasteiger partial charge in [-0.3, -0.25) is 4.72 Å². The minimum absolute atomic E-state index is 0.151. The highest BCUT2D eigenvalue weighted by molar-refractivity contribution is 7.78. The van der Waals surface area contributed by atoms with E-state index in [0.29, 0.717) is 5.92 Å². The molecule has 1 N–H and O–H groups in total. The molecular formula is C12H25NS. The lowest BCUT2D eigenvalue weighted by atomic mass is 9.81. The maximum Gasteiger partial charge on any atom is 0.0319 e. The molecule has 0 aliphatic carbocycles. The summed E-state index contributed by atoms with van der Waals surface area (Å²) in [6.45, 7) is 12.8. The molecule has 0 fully saturated rings. The Balaban J connectivity index is 4.50. The molecule has 84 valence electrons. The second-order valence-electron chi connectivity index (χ2n) is 4.87. The van der Waals surface area contributed by atoms with E-state index in [1.54, 1.807) is 0 Å². The van der Waals surface area contributed by atoms with Crippen molar-refractivity contribution in [3.63, 3.8) is 0 Å². The Kier molecular flexibility index (Phi) is 6.54. The van der Waals surface area contributed by atoms with Crippen molar-refractivity contribution >= 4 is 12.8 Å². The van der Waals surface area contributed by atoms with E-state index in [4.69, 9.17) is 0 Å². The van der Waals surface area contributed by atoms with Gasteiger partial charge in [0, 0.05) is 5.54 Å². The fourth-order valence-electron chi connectivity index (χ4n) is 2.24. The van der Waals surface area contributed by atoms with Crippen LogP contribution in [-0.4, -0.2) is 5.54 Å². The fourth-order valence-corrected chi connectivity index (χ4v) is 2.52. The molecule has 0 aromatic carbocycles. The van der Waals surface area contributed by atoms with Crippen LogP contribution in [-0.2, 0) is 0 Å². The summed E-state index contributed by atoms with van der Waals surface area (Å²) in [5, 5.41) is 0. The Hall–Kier alpha value is 0.0500. The maximum atomic E-state index is 4.29. The standard InChI is InChI=1S/C12H25NS/c1-6-7-12(13-14,8-10(2)3)9-11(4)5/h11,13-14H,2,6-9H2,1,3-5H3. The van der Waals surface area contributed by atoms with Crippen molar-refractivity contribution in [2.75, 3.05) is 0 Å². The van der Waals surface area contributed by atoms with E-state index in [9.17, 15) is 0 Å². The quantitative estimate of drug-likeness (QED) is 0.484. The van der Waals surface area contributed by atoms with Crippen LogP contribution in [0.3, 0.4) is 0 Å². The zero-order chi connectivity index (χ0) is 11.2. The van der Waals surface area contributed by atoms with Crippen LogP contribution in [0.2, 0.25) is 0 Å². The number of hydrogen-bond acceptors (Lipinski definition) is 2. The van der Waals surface area contributed by atoms with Crippen LogP contribution in [0.25, 0.3) is 0 Å². The summed E-state index contributed by atoms with van der Waals surface area (Å²) in [5.41, 5.74) is 1.39. The lowest BCUT2D eigenvalue weighted by molar-refractivity contribution is 0.293. The van der Waals surface area contributed by atoms with E-state index in [0.717, 1.165) is 12.8 Å². The molecule has 2 heteroatoms. The monoisotopic (exact) mass is 215 g/mol. The molecule has 1 nitrogen and oxygen atoms in total. The third kappa shape index (κ3) is 5.06. The molecule has 0 aliphatic rings. The van der Waals surface area contributed by atoms with Gasteiger partial charge in [-0.05, 0) is 32.1 Å². The molecular weight excluding hydrogens is 190 g/mol. The molecule has 0 radical (unpaired) electrons. The second kappa shape index (κ2) is 6.52. The van der Waals surface area contributed by atoms with E-state index < -0.39 is 0 Å². The molecule has 0 amide bonds. The summed E-state index contributed by atoms with van der Waals surface area (Å²) in [5.74, 6) is 0.695. The van der Waals surface area contributed by atoms with Crippen LogP contribution < -0.4 is 4.72 Å². The van der Waals surface area contributed by atoms with Crippen LogP contribution >= 0.6 is 12.8 Å². The molecule has 0 spiro atoms. The SMILES string of the molecule is C=C(C)CC(CCC)(CC(C)C)NS. The largest absolute Gasteiger partial charge is 0.260 e. The zero-order valence-electron chi connectivity index (χ0n) is 10.1. The Morgan fingerprint density at radius 3 is 2.36 bits per heavy atom. The highest BCUT2D eigenvalue weighted by Crippen LogP contribution is 2.29. The first-order valence-corrected chi connectivity index (χ1v) is 5.96. The first-order valence-electron chi connectivity index (χ1n) is 5.51. The highest BCUT2D eigenvalue weighted by Gasteiger charge is 2.28. The third-order valence-electron chi connectivity index (χ3n) is 2.40. The van der Waals surface area contributed by atoms with Crippen molar-refractivity contribution < 1.29 is 0 Å². The third-order valence-corrected chi connectivity index (χ3v) is 2.88. The number of rotatable bonds is 7. The van der Waals surface area contributed by atoms with Gasteiger partial charge >= 0.3 is 0 Å². The molecule has 0 aromatic rings. The molecule has 0 aromatic heterocycles. The first-order chi connectivity index (χ1) is 6.45. The van der Waals surface area contributed by atoms with Crippen molar-refractivity contribution in [2.45, 2.75) is 58.9 Å². The topological polar surface area (TPSA) is 12.0 Å². The molecule has 1 unspecified atom stereocenters. The van der Waals surface area contributed by atoms with Gasteiger partial charge in [-0.15, -0.1) is 6.58 Å². The number of thiol groups is 1. The van der Waals surface area contributed by atoms with Gasteiger partial charge in [0.2, 0.25) is 0 Å². The molecule has 0 aliphatic heterocycles. The van der Waals surface area contributed by atoms with Gasteiger partial charge in [0.05, 0.1) is 0 Å². The fraction of sp³-hybridized carbons (Fsp3) is 0.833. The minimum atomic E-state index is 0.151. The van der Waals surface area contributed by atoms with Crippen LogP contribution in [0, 0.1) is 5.92 Å². The summed E-state index contributed by atoms with van der Waals surface area (Å²) in [6.07, 6.45) is 4.55. The van der Waals surface area contributed by atoms with Gasteiger partial charge in [-0.2, -0.15) is 0 Å². The lowest BCUT2D eigenvalue weighted by Gasteiger charge is -2.34. The Labute approximate surface area is 94.9 Å². The van der Waals surface area contributed by atoms with Crippen molar-refractivity contribution in [1.29, 1.82) is 0 Å². The molecule has 1 atom stereocenters. The van der Waals surface area contributed by atoms with Crippen LogP contribution in [0.1, 0.15) is 53.4 Å². The van der Waals surface area contributed by atoms with Gasteiger partial charge in [0.15, 0.2) is 0 Å². The molecule has 0 bridgehead atoms. The van der Waals surface area contributed by atoms with Crippen LogP contribution in [0.5, 0.6) is 0 Å². The highest BCUT2D eigenvalue weighted by atomic mass is 32.1. The van der Waals surface area contributed by atoms with Crippen molar-refractivity contribution in [3.05, 3.63) is 12.2 Å². The summed E-state index contributed by atoms with van der Waals surface area (Å²) in [6, 6.07) is 0. The number of hydrogen-bond donors (Lipinski definition) is 2. The predicted molar refractivity (Wildman–Crippen MR) is 68.6 cm³/mol. The van der Waals surface area contributed by atoms with Crippen molar-refractivity contribution in [1.82, 2.24) is 4.72 Å². The van der Waals surface area contributed by atoms with E-state index in [-0.39, 0.29) is 5.54 Å². The lowest BCUT2D eigenvalue weighted by Crippen LogP contribution is -2.41. The Bertz CT molecular complexity index is 177. The van der Waals surface area contributed by atoms with Gasteiger partial charge in [-0.25, -0.2) is 0 Å². The average Bonchev–Trinajstić information content (AvgIpc) is 2.02. The molecule has 0 saturated carbocycles.